The molecule has 0 amide bonds. The van der Waals surface area contributed by atoms with Crippen molar-refractivity contribution in [2.45, 2.75) is 30.6 Å². The Kier molecular flexibility index (Phi) is 5.68. The van der Waals surface area contributed by atoms with Gasteiger partial charge in [-0.1, -0.05) is 42.5 Å². The standard InChI is InChI=1S/C24H24N4O2S/c25-16-22-20(15-10-17-6-2-1-3-7-17)21-8-4-5-9-23(21)28(24(22)26)18-11-13-19(14-12-18)31(27,29)30/h1-3,6-7,10-15,20H,4-5,8-9,26H2,(H2,27,29,30)/b15-10+. The number of nitriles is 1. The van der Waals surface area contributed by atoms with E-state index < -0.39 is 10.0 Å². The molecule has 0 saturated heterocycles. The maximum Gasteiger partial charge on any atom is 0.238 e. The lowest BCUT2D eigenvalue weighted by Crippen LogP contribution is -2.36. The SMILES string of the molecule is N#CC1=C(N)N(c2ccc(S(N)(=O)=O)cc2)C2=C(CCCC2)C1/C=C/c1ccccc1. The molecule has 158 valence electrons. The highest BCUT2D eigenvalue weighted by Gasteiger charge is 2.34. The number of hydrogen-bond donors (Lipinski definition) is 2. The first kappa shape index (κ1) is 20.9. The van der Waals surface area contributed by atoms with Gasteiger partial charge in [-0.3, -0.25) is 0 Å². The first-order valence-corrected chi connectivity index (χ1v) is 11.7. The highest BCUT2D eigenvalue weighted by Crippen LogP contribution is 2.43. The summed E-state index contributed by atoms with van der Waals surface area (Å²) in [4.78, 5) is 1.94. The normalized spacial score (nSPS) is 19.5. The van der Waals surface area contributed by atoms with Crippen molar-refractivity contribution in [3.05, 3.63) is 88.9 Å². The summed E-state index contributed by atoms with van der Waals surface area (Å²) in [5.41, 5.74) is 11.1. The van der Waals surface area contributed by atoms with Crippen molar-refractivity contribution in [1.82, 2.24) is 0 Å². The summed E-state index contributed by atoms with van der Waals surface area (Å²) in [5, 5.41) is 15.2. The predicted molar refractivity (Wildman–Crippen MR) is 122 cm³/mol. The first-order valence-electron chi connectivity index (χ1n) is 10.2. The van der Waals surface area contributed by atoms with Crippen molar-refractivity contribution in [3.63, 3.8) is 0 Å². The average molecular weight is 433 g/mol. The molecule has 0 saturated carbocycles. The van der Waals surface area contributed by atoms with Crippen LogP contribution in [-0.4, -0.2) is 8.42 Å². The minimum absolute atomic E-state index is 0.0397. The van der Waals surface area contributed by atoms with Crippen molar-refractivity contribution in [2.75, 3.05) is 4.90 Å². The van der Waals surface area contributed by atoms with Gasteiger partial charge in [-0.2, -0.15) is 5.26 Å². The van der Waals surface area contributed by atoms with E-state index in [-0.39, 0.29) is 10.8 Å². The third kappa shape index (κ3) is 4.13. The lowest BCUT2D eigenvalue weighted by Gasteiger charge is -2.39. The molecule has 0 fully saturated rings. The van der Waals surface area contributed by atoms with Gasteiger partial charge in [0.25, 0.3) is 0 Å². The summed E-state index contributed by atoms with van der Waals surface area (Å²) < 4.78 is 23.2. The van der Waals surface area contributed by atoms with E-state index in [1.54, 1.807) is 12.1 Å². The third-order valence-electron chi connectivity index (χ3n) is 5.78. The minimum Gasteiger partial charge on any atom is -0.384 e. The van der Waals surface area contributed by atoms with Crippen molar-refractivity contribution >= 4 is 21.8 Å². The van der Waals surface area contributed by atoms with Crippen LogP contribution in [0.5, 0.6) is 0 Å². The second kappa shape index (κ2) is 8.42. The number of hydrogen-bond acceptors (Lipinski definition) is 5. The number of primary sulfonamides is 1. The molecule has 1 heterocycles. The third-order valence-corrected chi connectivity index (χ3v) is 6.71. The van der Waals surface area contributed by atoms with Gasteiger partial charge < -0.3 is 10.6 Å². The number of rotatable bonds is 4. The van der Waals surface area contributed by atoms with Crippen molar-refractivity contribution in [3.8, 4) is 6.07 Å². The van der Waals surface area contributed by atoms with E-state index in [4.69, 9.17) is 10.9 Å². The van der Waals surface area contributed by atoms with Gasteiger partial charge in [0, 0.05) is 17.3 Å². The molecular weight excluding hydrogens is 408 g/mol. The molecule has 4 N–H and O–H groups in total. The number of nitrogens with two attached hydrogens (primary N) is 2. The molecule has 1 aliphatic heterocycles. The van der Waals surface area contributed by atoms with Gasteiger partial charge in [-0.05, 0) is 61.1 Å². The number of benzene rings is 2. The second-order valence-electron chi connectivity index (χ2n) is 7.71. The molecule has 1 aliphatic carbocycles. The average Bonchev–Trinajstić information content (AvgIpc) is 2.77. The molecule has 0 radical (unpaired) electrons. The van der Waals surface area contributed by atoms with Crippen LogP contribution < -0.4 is 15.8 Å². The number of allylic oxidation sites excluding steroid dienone is 4. The van der Waals surface area contributed by atoms with E-state index in [9.17, 15) is 13.7 Å². The summed E-state index contributed by atoms with van der Waals surface area (Å²) in [6.45, 7) is 0. The van der Waals surface area contributed by atoms with Crippen molar-refractivity contribution in [2.24, 2.45) is 16.8 Å². The van der Waals surface area contributed by atoms with Gasteiger partial charge in [0.1, 0.15) is 5.82 Å². The van der Waals surface area contributed by atoms with Gasteiger partial charge in [-0.15, -0.1) is 0 Å². The van der Waals surface area contributed by atoms with E-state index in [1.165, 1.54) is 17.7 Å². The van der Waals surface area contributed by atoms with Crippen LogP contribution in [0.15, 0.2) is 88.2 Å². The second-order valence-corrected chi connectivity index (χ2v) is 9.27. The fourth-order valence-corrected chi connectivity index (χ4v) is 4.81. The van der Waals surface area contributed by atoms with Crippen LogP contribution in [0.4, 0.5) is 5.69 Å². The molecule has 31 heavy (non-hydrogen) atoms. The molecule has 2 aromatic rings. The summed E-state index contributed by atoms with van der Waals surface area (Å²) in [6, 6.07) is 18.6. The molecule has 0 bridgehead atoms. The fraction of sp³-hybridized carbons (Fsp3) is 0.208. The molecule has 2 aromatic carbocycles. The lowest BCUT2D eigenvalue weighted by atomic mass is 9.79. The number of sulfonamides is 1. The molecule has 2 aliphatic rings. The smallest absolute Gasteiger partial charge is 0.238 e. The van der Waals surface area contributed by atoms with Crippen LogP contribution in [-0.2, 0) is 10.0 Å². The van der Waals surface area contributed by atoms with Crippen LogP contribution in [0.3, 0.4) is 0 Å². The van der Waals surface area contributed by atoms with Gasteiger partial charge in [0.05, 0.1) is 16.5 Å². The fourth-order valence-electron chi connectivity index (χ4n) is 4.29. The van der Waals surface area contributed by atoms with Gasteiger partial charge >= 0.3 is 0 Å². The minimum atomic E-state index is -3.78. The highest BCUT2D eigenvalue weighted by molar-refractivity contribution is 7.89. The zero-order valence-corrected chi connectivity index (χ0v) is 17.8. The Morgan fingerprint density at radius 3 is 2.35 bits per heavy atom. The summed E-state index contributed by atoms with van der Waals surface area (Å²) in [5.74, 6) is 0.217. The van der Waals surface area contributed by atoms with Gasteiger partial charge in [-0.25, -0.2) is 13.6 Å². The Hall–Kier alpha value is -3.34. The molecule has 6 nitrogen and oxygen atoms in total. The summed E-state index contributed by atoms with van der Waals surface area (Å²) >= 11 is 0. The predicted octanol–water partition coefficient (Wildman–Crippen LogP) is 4.01. The Morgan fingerprint density at radius 1 is 1.03 bits per heavy atom. The van der Waals surface area contributed by atoms with Crippen LogP contribution >= 0.6 is 0 Å². The van der Waals surface area contributed by atoms with Crippen molar-refractivity contribution < 1.29 is 8.42 Å². The zero-order valence-electron chi connectivity index (χ0n) is 17.0. The van der Waals surface area contributed by atoms with Crippen LogP contribution in [0.25, 0.3) is 6.08 Å². The largest absolute Gasteiger partial charge is 0.384 e. The van der Waals surface area contributed by atoms with E-state index in [1.807, 2.05) is 41.3 Å². The maximum absolute atomic E-state index is 11.6. The quantitative estimate of drug-likeness (QED) is 0.758. The molecule has 4 rings (SSSR count). The summed E-state index contributed by atoms with van der Waals surface area (Å²) in [6.07, 6.45) is 7.93. The van der Waals surface area contributed by atoms with Gasteiger partial charge in [0.2, 0.25) is 10.0 Å². The lowest BCUT2D eigenvalue weighted by molar-refractivity contribution is 0.597. The Morgan fingerprint density at radius 2 is 1.71 bits per heavy atom. The number of nitrogens with zero attached hydrogens (tertiary/aromatic N) is 2. The number of anilines is 1. The van der Waals surface area contributed by atoms with Crippen LogP contribution in [0.1, 0.15) is 31.2 Å². The maximum atomic E-state index is 11.6. The Labute approximate surface area is 182 Å². The Bertz CT molecular complexity index is 1220. The summed E-state index contributed by atoms with van der Waals surface area (Å²) in [7, 11) is -3.78. The Balaban J connectivity index is 1.79. The van der Waals surface area contributed by atoms with E-state index in [0.717, 1.165) is 42.6 Å². The van der Waals surface area contributed by atoms with E-state index in [0.29, 0.717) is 11.4 Å². The van der Waals surface area contributed by atoms with E-state index in [2.05, 4.69) is 12.1 Å². The molecule has 0 spiro atoms. The van der Waals surface area contributed by atoms with Crippen molar-refractivity contribution in [1.29, 1.82) is 5.26 Å². The van der Waals surface area contributed by atoms with Crippen LogP contribution in [0, 0.1) is 17.2 Å². The van der Waals surface area contributed by atoms with E-state index >= 15 is 0 Å². The zero-order chi connectivity index (χ0) is 22.0. The molecule has 1 atom stereocenters. The molecule has 0 aromatic heterocycles. The topological polar surface area (TPSA) is 113 Å². The molecule has 7 heteroatoms. The molecule has 1 unspecified atom stereocenters. The first-order chi connectivity index (χ1) is 14.9. The van der Waals surface area contributed by atoms with Crippen LogP contribution in [0.2, 0.25) is 0 Å². The highest BCUT2D eigenvalue weighted by atomic mass is 32.2. The molecular formula is C24H24N4O2S. The van der Waals surface area contributed by atoms with Gasteiger partial charge in [0.15, 0.2) is 0 Å². The monoisotopic (exact) mass is 432 g/mol.